The van der Waals surface area contributed by atoms with E-state index in [4.69, 9.17) is 4.98 Å². The largest absolute Gasteiger partial charge is 0.349 e. The lowest BCUT2D eigenvalue weighted by Crippen LogP contribution is -2.52. The first-order chi connectivity index (χ1) is 15.6. The number of nitrogens with zero attached hydrogens (tertiary/aromatic N) is 2. The summed E-state index contributed by atoms with van der Waals surface area (Å²) in [7, 11) is 2.17. The first kappa shape index (κ1) is 20.9. The fourth-order valence-electron chi connectivity index (χ4n) is 4.39. The van der Waals surface area contributed by atoms with Gasteiger partial charge in [-0.3, -0.25) is 9.69 Å². The van der Waals surface area contributed by atoms with Crippen LogP contribution in [0.15, 0.2) is 72.8 Å². The molecular formula is C27H27N3OS. The van der Waals surface area contributed by atoms with E-state index in [0.717, 1.165) is 40.9 Å². The van der Waals surface area contributed by atoms with Gasteiger partial charge in [0.15, 0.2) is 0 Å². The molecule has 4 aromatic rings. The molecule has 2 heterocycles. The van der Waals surface area contributed by atoms with Crippen LogP contribution in [-0.4, -0.2) is 34.9 Å². The number of benzene rings is 2. The predicted molar refractivity (Wildman–Crippen MR) is 132 cm³/mol. The molecule has 0 unspecified atom stereocenters. The molecule has 1 amide bonds. The van der Waals surface area contributed by atoms with Crippen LogP contribution in [0.3, 0.4) is 0 Å². The van der Waals surface area contributed by atoms with Crippen LogP contribution in [0, 0.1) is 6.92 Å². The third kappa shape index (κ3) is 4.31. The fourth-order valence-corrected chi connectivity index (χ4v) is 5.22. The van der Waals surface area contributed by atoms with E-state index in [9.17, 15) is 4.79 Å². The predicted octanol–water partition coefficient (Wildman–Crippen LogP) is 5.66. The van der Waals surface area contributed by atoms with Gasteiger partial charge in [-0.1, -0.05) is 48.5 Å². The molecule has 0 atom stereocenters. The molecule has 0 aliphatic heterocycles. The topological polar surface area (TPSA) is 45.2 Å². The summed E-state index contributed by atoms with van der Waals surface area (Å²) < 4.78 is 0. The quantitative estimate of drug-likeness (QED) is 0.420. The minimum absolute atomic E-state index is 0.00714. The maximum Gasteiger partial charge on any atom is 0.252 e. The van der Waals surface area contributed by atoms with Gasteiger partial charge in [0.2, 0.25) is 0 Å². The third-order valence-corrected chi connectivity index (χ3v) is 7.32. The van der Waals surface area contributed by atoms with Crippen LogP contribution >= 0.6 is 11.3 Å². The Balaban J connectivity index is 1.29. The van der Waals surface area contributed by atoms with Gasteiger partial charge < -0.3 is 5.32 Å². The van der Waals surface area contributed by atoms with Gasteiger partial charge >= 0.3 is 0 Å². The van der Waals surface area contributed by atoms with Crippen LogP contribution in [0.4, 0.5) is 0 Å². The zero-order chi connectivity index (χ0) is 22.1. The Morgan fingerprint density at radius 2 is 1.81 bits per heavy atom. The van der Waals surface area contributed by atoms with Crippen LogP contribution < -0.4 is 5.32 Å². The Labute approximate surface area is 192 Å². The van der Waals surface area contributed by atoms with E-state index in [1.54, 1.807) is 11.3 Å². The molecule has 1 aliphatic carbocycles. The Hall–Kier alpha value is -3.02. The van der Waals surface area contributed by atoms with Crippen LogP contribution in [0.25, 0.3) is 21.5 Å². The average molecular weight is 442 g/mol. The summed E-state index contributed by atoms with van der Waals surface area (Å²) in [5.74, 6) is -0.00714. The molecule has 2 aromatic carbocycles. The number of pyridine rings is 1. The molecule has 1 saturated carbocycles. The molecule has 162 valence electrons. The lowest BCUT2D eigenvalue weighted by molar-refractivity contribution is 0.0811. The van der Waals surface area contributed by atoms with Gasteiger partial charge in [-0.05, 0) is 56.6 Å². The van der Waals surface area contributed by atoms with E-state index in [1.165, 1.54) is 10.4 Å². The molecule has 0 bridgehead atoms. The molecule has 0 saturated heterocycles. The van der Waals surface area contributed by atoms with Gasteiger partial charge in [0, 0.05) is 28.9 Å². The van der Waals surface area contributed by atoms with Crippen molar-refractivity contribution in [3.8, 4) is 10.6 Å². The number of carbonyl (C=O) groups excluding carboxylic acids is 1. The number of hydrogen-bond acceptors (Lipinski definition) is 4. The van der Waals surface area contributed by atoms with Crippen molar-refractivity contribution in [1.29, 1.82) is 0 Å². The van der Waals surface area contributed by atoms with Crippen LogP contribution in [0.5, 0.6) is 0 Å². The maximum absolute atomic E-state index is 13.3. The van der Waals surface area contributed by atoms with Gasteiger partial charge in [-0.15, -0.1) is 11.3 Å². The Bertz CT molecular complexity index is 1240. The maximum atomic E-state index is 13.3. The lowest BCUT2D eigenvalue weighted by atomic mass is 9.85. The molecule has 1 N–H and O–H groups in total. The van der Waals surface area contributed by atoms with Crippen molar-refractivity contribution in [2.75, 3.05) is 7.05 Å². The third-order valence-electron chi connectivity index (χ3n) is 6.30. The van der Waals surface area contributed by atoms with E-state index in [-0.39, 0.29) is 11.9 Å². The molecule has 5 rings (SSSR count). The summed E-state index contributed by atoms with van der Waals surface area (Å²) >= 11 is 1.70. The standard InChI is InChI=1S/C27H27N3OS/c1-18-12-13-26(32-18)25-16-23(22-10-6-7-11-24(22)29-25)27(31)28-20-14-21(15-20)30(2)17-19-8-4-3-5-9-19/h3-13,16,20-21H,14-15,17H2,1-2H3,(H,28,31). The van der Waals surface area contributed by atoms with Crippen LogP contribution in [-0.2, 0) is 6.54 Å². The second kappa shape index (κ2) is 8.85. The molecule has 5 heteroatoms. The van der Waals surface area contributed by atoms with Crippen molar-refractivity contribution < 1.29 is 4.79 Å². The van der Waals surface area contributed by atoms with Crippen molar-refractivity contribution >= 4 is 28.1 Å². The molecule has 0 radical (unpaired) electrons. The van der Waals surface area contributed by atoms with Crippen molar-refractivity contribution in [1.82, 2.24) is 15.2 Å². The smallest absolute Gasteiger partial charge is 0.252 e. The SMILES string of the molecule is Cc1ccc(-c2cc(C(=O)NC3CC(N(C)Cc4ccccc4)C3)c3ccccc3n2)s1. The van der Waals surface area contributed by atoms with Gasteiger partial charge in [0.05, 0.1) is 21.7 Å². The highest BCUT2D eigenvalue weighted by Gasteiger charge is 2.33. The van der Waals surface area contributed by atoms with E-state index in [2.05, 4.69) is 60.6 Å². The second-order valence-electron chi connectivity index (χ2n) is 8.68. The lowest BCUT2D eigenvalue weighted by Gasteiger charge is -2.41. The van der Waals surface area contributed by atoms with Gasteiger partial charge in [-0.25, -0.2) is 4.98 Å². The summed E-state index contributed by atoms with van der Waals surface area (Å²) in [6, 6.07) is 25.3. The highest BCUT2D eigenvalue weighted by molar-refractivity contribution is 7.15. The van der Waals surface area contributed by atoms with Crippen molar-refractivity contribution in [3.05, 3.63) is 88.8 Å². The van der Waals surface area contributed by atoms with Crippen LogP contribution in [0.1, 0.15) is 33.6 Å². The minimum atomic E-state index is -0.00714. The number of aromatic nitrogens is 1. The summed E-state index contributed by atoms with van der Waals surface area (Å²) in [4.78, 5) is 22.8. The first-order valence-electron chi connectivity index (χ1n) is 11.1. The summed E-state index contributed by atoms with van der Waals surface area (Å²) in [5, 5.41) is 4.17. The number of rotatable bonds is 6. The number of hydrogen-bond donors (Lipinski definition) is 1. The highest BCUT2D eigenvalue weighted by Crippen LogP contribution is 2.31. The first-order valence-corrected chi connectivity index (χ1v) is 11.9. The molecule has 1 fully saturated rings. The van der Waals surface area contributed by atoms with E-state index < -0.39 is 0 Å². The number of thiophene rings is 1. The second-order valence-corrected chi connectivity index (χ2v) is 9.97. The summed E-state index contributed by atoms with van der Waals surface area (Å²) in [6.07, 6.45) is 1.96. The zero-order valence-electron chi connectivity index (χ0n) is 18.4. The number of amides is 1. The average Bonchev–Trinajstić information content (AvgIpc) is 3.22. The minimum Gasteiger partial charge on any atom is -0.349 e. The molecule has 2 aromatic heterocycles. The zero-order valence-corrected chi connectivity index (χ0v) is 19.2. The van der Waals surface area contributed by atoms with Crippen molar-refractivity contribution in [2.45, 2.75) is 38.4 Å². The van der Waals surface area contributed by atoms with Crippen molar-refractivity contribution in [3.63, 3.8) is 0 Å². The van der Waals surface area contributed by atoms with E-state index in [1.807, 2.05) is 36.4 Å². The van der Waals surface area contributed by atoms with E-state index in [0.29, 0.717) is 11.6 Å². The normalized spacial score (nSPS) is 18.0. The number of carbonyl (C=O) groups is 1. The molecule has 0 spiro atoms. The fraction of sp³-hybridized carbons (Fsp3) is 0.259. The number of fused-ring (bicyclic) bond motifs is 1. The number of aryl methyl sites for hydroxylation is 1. The van der Waals surface area contributed by atoms with Gasteiger partial charge in [0.25, 0.3) is 5.91 Å². The molecular weight excluding hydrogens is 414 g/mol. The molecule has 4 nitrogen and oxygen atoms in total. The summed E-state index contributed by atoms with van der Waals surface area (Å²) in [6.45, 7) is 3.02. The Morgan fingerprint density at radius 1 is 1.06 bits per heavy atom. The Kier molecular flexibility index (Phi) is 5.77. The Morgan fingerprint density at radius 3 is 2.56 bits per heavy atom. The summed E-state index contributed by atoms with van der Waals surface area (Å²) in [5.41, 5.74) is 3.75. The number of nitrogens with one attached hydrogen (secondary N) is 1. The molecule has 32 heavy (non-hydrogen) atoms. The van der Waals surface area contributed by atoms with Gasteiger partial charge in [-0.2, -0.15) is 0 Å². The number of para-hydroxylation sites is 1. The highest BCUT2D eigenvalue weighted by atomic mass is 32.1. The van der Waals surface area contributed by atoms with E-state index >= 15 is 0 Å². The monoisotopic (exact) mass is 441 g/mol. The van der Waals surface area contributed by atoms with Gasteiger partial charge in [0.1, 0.15) is 0 Å². The van der Waals surface area contributed by atoms with Crippen LogP contribution in [0.2, 0.25) is 0 Å². The van der Waals surface area contributed by atoms with Crippen molar-refractivity contribution in [2.24, 2.45) is 0 Å². The molecule has 1 aliphatic rings.